The van der Waals surface area contributed by atoms with Crippen LogP contribution in [0.4, 0.5) is 8.78 Å². The molecule has 2 aromatic rings. The van der Waals surface area contributed by atoms with Gasteiger partial charge in [-0.05, 0) is 25.1 Å². The predicted molar refractivity (Wildman–Crippen MR) is 72.9 cm³/mol. The van der Waals surface area contributed by atoms with Gasteiger partial charge in [-0.25, -0.2) is 18.7 Å². The molecule has 0 aliphatic heterocycles. The standard InChI is InChI=1S/C13H11ClF2N2OS/c1-2-19-7-12-17-11(14)6-13(18-12)20-10-5-8(15)3-4-9(10)16/h3-6H,2,7H2,1H3. The summed E-state index contributed by atoms with van der Waals surface area (Å²) < 4.78 is 31.9. The molecule has 0 radical (unpaired) electrons. The normalized spacial score (nSPS) is 10.8. The molecular weight excluding hydrogens is 306 g/mol. The molecular formula is C13H11ClF2N2OS. The average molecular weight is 317 g/mol. The van der Waals surface area contributed by atoms with Crippen LogP contribution in [0.25, 0.3) is 0 Å². The van der Waals surface area contributed by atoms with E-state index in [0.717, 1.165) is 30.0 Å². The van der Waals surface area contributed by atoms with E-state index in [-0.39, 0.29) is 16.7 Å². The monoisotopic (exact) mass is 316 g/mol. The SMILES string of the molecule is CCOCc1nc(Cl)cc(Sc2cc(F)ccc2F)n1. The third kappa shape index (κ3) is 4.13. The fourth-order valence-corrected chi connectivity index (χ4v) is 2.57. The maximum absolute atomic E-state index is 13.6. The van der Waals surface area contributed by atoms with Crippen LogP contribution in [0.15, 0.2) is 34.2 Å². The molecule has 0 saturated heterocycles. The zero-order valence-electron chi connectivity index (χ0n) is 10.6. The van der Waals surface area contributed by atoms with Crippen LogP contribution in [-0.4, -0.2) is 16.6 Å². The van der Waals surface area contributed by atoms with Crippen molar-refractivity contribution in [1.29, 1.82) is 0 Å². The molecule has 0 aliphatic rings. The molecule has 2 rings (SSSR count). The zero-order valence-corrected chi connectivity index (χ0v) is 12.1. The van der Waals surface area contributed by atoms with Gasteiger partial charge in [0.05, 0.1) is 4.90 Å². The van der Waals surface area contributed by atoms with E-state index in [1.165, 1.54) is 6.07 Å². The van der Waals surface area contributed by atoms with Crippen molar-refractivity contribution in [3.63, 3.8) is 0 Å². The number of rotatable bonds is 5. The quantitative estimate of drug-likeness (QED) is 0.778. The van der Waals surface area contributed by atoms with Gasteiger partial charge in [0.25, 0.3) is 0 Å². The second kappa shape index (κ2) is 6.97. The molecule has 0 spiro atoms. The number of hydrogen-bond donors (Lipinski definition) is 0. The molecule has 0 aliphatic carbocycles. The lowest BCUT2D eigenvalue weighted by Gasteiger charge is -2.06. The van der Waals surface area contributed by atoms with E-state index >= 15 is 0 Å². The van der Waals surface area contributed by atoms with Gasteiger partial charge in [0.1, 0.15) is 28.4 Å². The average Bonchev–Trinajstić information content (AvgIpc) is 2.40. The van der Waals surface area contributed by atoms with Crippen molar-refractivity contribution in [2.75, 3.05) is 6.61 Å². The van der Waals surface area contributed by atoms with Crippen molar-refractivity contribution in [1.82, 2.24) is 9.97 Å². The smallest absolute Gasteiger partial charge is 0.157 e. The summed E-state index contributed by atoms with van der Waals surface area (Å²) in [5, 5.41) is 0.665. The second-order valence-corrected chi connectivity index (χ2v) is 5.21. The maximum Gasteiger partial charge on any atom is 0.157 e. The van der Waals surface area contributed by atoms with Crippen LogP contribution < -0.4 is 0 Å². The fraction of sp³-hybridized carbons (Fsp3) is 0.231. The lowest BCUT2D eigenvalue weighted by Crippen LogP contribution is -2.00. The number of hydrogen-bond acceptors (Lipinski definition) is 4. The first-order valence-corrected chi connectivity index (χ1v) is 7.02. The second-order valence-electron chi connectivity index (χ2n) is 3.76. The summed E-state index contributed by atoms with van der Waals surface area (Å²) in [4.78, 5) is 8.33. The number of ether oxygens (including phenoxy) is 1. The lowest BCUT2D eigenvalue weighted by atomic mass is 10.3. The summed E-state index contributed by atoms with van der Waals surface area (Å²) in [6, 6.07) is 4.73. The molecule has 0 amide bonds. The Morgan fingerprint density at radius 1 is 1.25 bits per heavy atom. The van der Waals surface area contributed by atoms with Gasteiger partial charge < -0.3 is 4.74 Å². The maximum atomic E-state index is 13.6. The first kappa shape index (κ1) is 15.2. The van der Waals surface area contributed by atoms with Crippen LogP contribution in [0.2, 0.25) is 5.15 Å². The van der Waals surface area contributed by atoms with Crippen LogP contribution in [0.5, 0.6) is 0 Å². The van der Waals surface area contributed by atoms with Crippen LogP contribution in [0, 0.1) is 11.6 Å². The fourth-order valence-electron chi connectivity index (χ4n) is 1.42. The number of nitrogens with zero attached hydrogens (tertiary/aromatic N) is 2. The molecule has 1 aromatic carbocycles. The highest BCUT2D eigenvalue weighted by molar-refractivity contribution is 7.99. The molecule has 106 valence electrons. The summed E-state index contributed by atoms with van der Waals surface area (Å²) in [6.07, 6.45) is 0. The van der Waals surface area contributed by atoms with E-state index in [2.05, 4.69) is 9.97 Å². The van der Waals surface area contributed by atoms with Crippen molar-refractivity contribution >= 4 is 23.4 Å². The van der Waals surface area contributed by atoms with Gasteiger partial charge in [0.15, 0.2) is 5.82 Å². The van der Waals surface area contributed by atoms with Crippen LogP contribution in [0.3, 0.4) is 0 Å². The molecule has 0 atom stereocenters. The number of halogens is 3. The minimum atomic E-state index is -0.516. The highest BCUT2D eigenvalue weighted by Crippen LogP contribution is 2.30. The Morgan fingerprint density at radius 3 is 2.80 bits per heavy atom. The van der Waals surface area contributed by atoms with Crippen molar-refractivity contribution in [2.45, 2.75) is 23.5 Å². The van der Waals surface area contributed by atoms with E-state index in [1.807, 2.05) is 6.92 Å². The minimum Gasteiger partial charge on any atom is -0.374 e. The van der Waals surface area contributed by atoms with Crippen LogP contribution >= 0.6 is 23.4 Å². The minimum absolute atomic E-state index is 0.141. The molecule has 3 nitrogen and oxygen atoms in total. The summed E-state index contributed by atoms with van der Waals surface area (Å²) in [5.74, 6) is -0.625. The highest BCUT2D eigenvalue weighted by Gasteiger charge is 2.09. The van der Waals surface area contributed by atoms with E-state index in [0.29, 0.717) is 17.5 Å². The Labute approximate surface area is 124 Å². The van der Waals surface area contributed by atoms with E-state index in [9.17, 15) is 8.78 Å². The number of benzene rings is 1. The highest BCUT2D eigenvalue weighted by atomic mass is 35.5. The van der Waals surface area contributed by atoms with Gasteiger partial charge in [-0.1, -0.05) is 23.4 Å². The molecule has 1 aromatic heterocycles. The summed E-state index contributed by atoms with van der Waals surface area (Å²) in [7, 11) is 0. The van der Waals surface area contributed by atoms with Crippen molar-refractivity contribution < 1.29 is 13.5 Å². The molecule has 20 heavy (non-hydrogen) atoms. The van der Waals surface area contributed by atoms with Gasteiger partial charge in [0.2, 0.25) is 0 Å². The molecule has 1 heterocycles. The first-order valence-electron chi connectivity index (χ1n) is 5.82. The summed E-state index contributed by atoms with van der Waals surface area (Å²) in [5.41, 5.74) is 0. The Balaban J connectivity index is 2.24. The third-order valence-electron chi connectivity index (χ3n) is 2.26. The Morgan fingerprint density at radius 2 is 2.05 bits per heavy atom. The molecule has 0 bridgehead atoms. The van der Waals surface area contributed by atoms with Gasteiger partial charge in [0, 0.05) is 12.7 Å². The van der Waals surface area contributed by atoms with Crippen LogP contribution in [-0.2, 0) is 11.3 Å². The van der Waals surface area contributed by atoms with Crippen LogP contribution in [0.1, 0.15) is 12.7 Å². The number of aromatic nitrogens is 2. The Bertz CT molecular complexity index is 613. The van der Waals surface area contributed by atoms with Gasteiger partial charge in [-0.3, -0.25) is 0 Å². The summed E-state index contributed by atoms with van der Waals surface area (Å²) >= 11 is 6.86. The van der Waals surface area contributed by atoms with Crippen molar-refractivity contribution in [3.05, 3.63) is 46.9 Å². The lowest BCUT2D eigenvalue weighted by molar-refractivity contribution is 0.128. The molecule has 0 saturated carbocycles. The summed E-state index contributed by atoms with van der Waals surface area (Å²) in [6.45, 7) is 2.59. The molecule has 0 N–H and O–H groups in total. The molecule has 0 unspecified atom stereocenters. The predicted octanol–water partition coefficient (Wildman–Crippen LogP) is 4.10. The largest absolute Gasteiger partial charge is 0.374 e. The van der Waals surface area contributed by atoms with E-state index in [4.69, 9.17) is 16.3 Å². The van der Waals surface area contributed by atoms with E-state index in [1.54, 1.807) is 0 Å². The zero-order chi connectivity index (χ0) is 14.5. The van der Waals surface area contributed by atoms with E-state index < -0.39 is 11.6 Å². The Hall–Kier alpha value is -1.24. The van der Waals surface area contributed by atoms with Crippen molar-refractivity contribution in [3.8, 4) is 0 Å². The van der Waals surface area contributed by atoms with Gasteiger partial charge >= 0.3 is 0 Å². The topological polar surface area (TPSA) is 35.0 Å². The third-order valence-corrected chi connectivity index (χ3v) is 3.41. The van der Waals surface area contributed by atoms with Crippen molar-refractivity contribution in [2.24, 2.45) is 0 Å². The first-order chi connectivity index (χ1) is 9.58. The van der Waals surface area contributed by atoms with Gasteiger partial charge in [-0.15, -0.1) is 0 Å². The Kier molecular flexibility index (Phi) is 5.28. The molecule has 7 heteroatoms. The molecule has 0 fully saturated rings. The van der Waals surface area contributed by atoms with Gasteiger partial charge in [-0.2, -0.15) is 0 Å².